The molecule has 0 unspecified atom stereocenters. The average molecular weight is 238 g/mol. The molecular formula is H8F6N2O2Si2. The Bertz CT molecular complexity index is 137. The van der Waals surface area contributed by atoms with E-state index in [4.69, 9.17) is 8.92 Å². The Labute approximate surface area is 64.9 Å². The van der Waals surface area contributed by atoms with E-state index in [2.05, 4.69) is 0 Å². The van der Waals surface area contributed by atoms with Gasteiger partial charge >= 0.3 is 42.6 Å². The Kier molecular flexibility index (Phi) is 7.46. The average Bonchev–Trinajstić information content (AvgIpc) is 1.20. The Hall–Kier alpha value is -0.466. The van der Waals surface area contributed by atoms with Crippen LogP contribution in [-0.4, -0.2) is 17.9 Å². The molecule has 0 aromatic carbocycles. The molecule has 12 heavy (non-hydrogen) atoms. The number of halogens is 6. The molecule has 4 nitrogen and oxygen atoms in total. The summed E-state index contributed by atoms with van der Waals surface area (Å²) in [6.45, 7) is 0. The molecule has 0 bridgehead atoms. The summed E-state index contributed by atoms with van der Waals surface area (Å²) in [6.07, 6.45) is 0. The van der Waals surface area contributed by atoms with Crippen LogP contribution in [0.1, 0.15) is 0 Å². The molecule has 0 aromatic rings. The zero-order valence-electron chi connectivity index (χ0n) is 6.08. The molecule has 0 aliphatic rings. The van der Waals surface area contributed by atoms with E-state index in [1.54, 1.807) is 0 Å². The van der Waals surface area contributed by atoms with Crippen LogP contribution in [0, 0.1) is 0 Å². The summed E-state index contributed by atoms with van der Waals surface area (Å²) < 4.78 is 76.1. The molecule has 0 rings (SSSR count). The van der Waals surface area contributed by atoms with Crippen molar-refractivity contribution >= 4 is 17.9 Å². The van der Waals surface area contributed by atoms with Crippen molar-refractivity contribution in [2.24, 2.45) is 0 Å². The van der Waals surface area contributed by atoms with E-state index in [9.17, 15) is 24.6 Å². The Morgan fingerprint density at radius 1 is 0.750 bits per heavy atom. The Balaban J connectivity index is -0.0000000569. The summed E-state index contributed by atoms with van der Waals surface area (Å²) >= 11 is 0. The van der Waals surface area contributed by atoms with Crippen LogP contribution in [0.25, 0.3) is 0 Å². The van der Waals surface area contributed by atoms with Crippen molar-refractivity contribution < 1.29 is 33.6 Å². The Morgan fingerprint density at radius 2 is 0.750 bits per heavy atom. The van der Waals surface area contributed by atoms with Gasteiger partial charge < -0.3 is 12.3 Å². The minimum absolute atomic E-state index is 0. The van der Waals surface area contributed by atoms with E-state index in [0.717, 1.165) is 0 Å². The van der Waals surface area contributed by atoms with E-state index in [0.29, 0.717) is 0 Å². The second-order valence-corrected chi connectivity index (χ2v) is 3.46. The normalized spacial score (nSPS) is 14.2. The fourth-order valence-electron chi connectivity index (χ4n) is 0. The van der Waals surface area contributed by atoms with Crippen molar-refractivity contribution in [1.29, 1.82) is 0 Å². The first kappa shape index (κ1) is 22.5. The van der Waals surface area contributed by atoms with Gasteiger partial charge in [-0.25, -0.2) is 0 Å². The van der Waals surface area contributed by atoms with E-state index < -0.39 is 17.9 Å². The molecule has 0 radical (unpaired) electrons. The predicted octanol–water partition coefficient (Wildman–Crippen LogP) is 2.27. The van der Waals surface area contributed by atoms with Crippen LogP contribution in [-0.2, 0) is 8.92 Å². The van der Waals surface area contributed by atoms with E-state index in [1.807, 2.05) is 0 Å². The zero-order chi connectivity index (χ0) is 9.12. The first-order valence-corrected chi connectivity index (χ1v) is 4.63. The van der Waals surface area contributed by atoms with Crippen molar-refractivity contribution in [1.82, 2.24) is 12.3 Å². The number of quaternary nitrogens is 2. The first-order valence-electron chi connectivity index (χ1n) is 1.54. The molecule has 0 amide bonds. The van der Waals surface area contributed by atoms with Crippen LogP contribution in [0.2, 0.25) is 0 Å². The van der Waals surface area contributed by atoms with Gasteiger partial charge in [0, 0.05) is 0 Å². The van der Waals surface area contributed by atoms with Gasteiger partial charge in [0.1, 0.15) is 0 Å². The summed E-state index contributed by atoms with van der Waals surface area (Å²) in [5, 5.41) is 0. The molecule has 0 fully saturated rings. The van der Waals surface area contributed by atoms with Gasteiger partial charge in [-0.05, 0) is 0 Å². The van der Waals surface area contributed by atoms with Gasteiger partial charge in [0.15, 0.2) is 0 Å². The quantitative estimate of drug-likeness (QED) is 0.383. The van der Waals surface area contributed by atoms with Crippen LogP contribution >= 0.6 is 0 Å². The maximum absolute atomic E-state index is 10.8. The van der Waals surface area contributed by atoms with Crippen molar-refractivity contribution in [3.05, 3.63) is 0 Å². The van der Waals surface area contributed by atoms with Gasteiger partial charge in [0.25, 0.3) is 0 Å². The molecule has 80 valence electrons. The SMILES string of the molecule is F[Si-2](F)(F)(F)(F)F.O=[Si]=O.[NH4+].[NH4+]. The van der Waals surface area contributed by atoms with Crippen molar-refractivity contribution in [2.45, 2.75) is 0 Å². The first-order chi connectivity index (χ1) is 3.86. The van der Waals surface area contributed by atoms with Crippen LogP contribution in [0.4, 0.5) is 24.6 Å². The number of hydrogen-bond donors (Lipinski definition) is 2. The molecule has 0 aliphatic carbocycles. The largest absolute Gasteiger partial charge is 0.549 e. The van der Waals surface area contributed by atoms with Crippen LogP contribution in [0.15, 0.2) is 0 Å². The van der Waals surface area contributed by atoms with Crippen LogP contribution in [0.3, 0.4) is 0 Å². The van der Waals surface area contributed by atoms with Crippen molar-refractivity contribution in [3.63, 3.8) is 0 Å². The molecule has 0 heterocycles. The van der Waals surface area contributed by atoms with Crippen LogP contribution < -0.4 is 12.3 Å². The molecule has 0 spiro atoms. The molecule has 0 atom stereocenters. The summed E-state index contributed by atoms with van der Waals surface area (Å²) in [7, 11) is -12.3. The van der Waals surface area contributed by atoms with Gasteiger partial charge in [0.2, 0.25) is 0 Å². The third-order valence-electron chi connectivity index (χ3n) is 0. The smallest absolute Gasteiger partial charge is 0.369 e. The topological polar surface area (TPSA) is 107 Å². The third-order valence-corrected chi connectivity index (χ3v) is 0. The maximum Gasteiger partial charge on any atom is 0.549 e. The van der Waals surface area contributed by atoms with Gasteiger partial charge in [-0.15, -0.1) is 0 Å². The number of hydrogen-bond acceptors (Lipinski definition) is 2. The molecular weight excluding hydrogens is 230 g/mol. The summed E-state index contributed by atoms with van der Waals surface area (Å²) in [5.41, 5.74) is 0. The molecule has 12 heteroatoms. The maximum atomic E-state index is 9.88. The molecule has 8 N–H and O–H groups in total. The van der Waals surface area contributed by atoms with Crippen molar-refractivity contribution in [3.8, 4) is 0 Å². The van der Waals surface area contributed by atoms with Gasteiger partial charge in [-0.3, -0.25) is 8.92 Å². The second kappa shape index (κ2) is 3.97. The second-order valence-electron chi connectivity index (χ2n) is 1.15. The molecule has 0 aromatic heterocycles. The number of rotatable bonds is 0. The van der Waals surface area contributed by atoms with Crippen molar-refractivity contribution in [2.75, 3.05) is 0 Å². The fraction of sp³-hybridized carbons (Fsp3) is 0. The van der Waals surface area contributed by atoms with Gasteiger partial charge in [0.05, 0.1) is 0 Å². The summed E-state index contributed by atoms with van der Waals surface area (Å²) in [4.78, 5) is 0. The van der Waals surface area contributed by atoms with Gasteiger partial charge in [-0.1, -0.05) is 0 Å². The van der Waals surface area contributed by atoms with E-state index >= 15 is 0 Å². The van der Waals surface area contributed by atoms with E-state index in [1.165, 1.54) is 0 Å². The third kappa shape index (κ3) is 3190. The zero-order valence-corrected chi connectivity index (χ0v) is 8.08. The molecule has 0 saturated carbocycles. The minimum atomic E-state index is -10.8. The summed E-state index contributed by atoms with van der Waals surface area (Å²) in [6, 6.07) is 0. The predicted molar refractivity (Wildman–Crippen MR) is 31.5 cm³/mol. The standard InChI is InChI=1S/F6Si.2H3N.O2Si/c1-7(2,3,4,5)6;;;1-3-2/h;2*1H3;/q-2;;;/p+2. The molecule has 0 aliphatic heterocycles. The van der Waals surface area contributed by atoms with Crippen LogP contribution in [0.5, 0.6) is 0 Å². The van der Waals surface area contributed by atoms with E-state index in [-0.39, 0.29) is 12.3 Å². The minimum Gasteiger partial charge on any atom is -0.369 e. The Morgan fingerprint density at radius 3 is 0.750 bits per heavy atom. The molecule has 0 saturated heterocycles. The summed E-state index contributed by atoms with van der Waals surface area (Å²) in [5.74, 6) is 0. The monoisotopic (exact) mass is 238 g/mol. The van der Waals surface area contributed by atoms with Gasteiger partial charge in [-0.2, -0.15) is 0 Å². The fourth-order valence-corrected chi connectivity index (χ4v) is 0.